The maximum Gasteiger partial charge on any atom is 0.218 e. The van der Waals surface area contributed by atoms with Gasteiger partial charge >= 0.3 is 0 Å². The summed E-state index contributed by atoms with van der Waals surface area (Å²) in [6.07, 6.45) is 4.85. The van der Waals surface area contributed by atoms with Crippen molar-refractivity contribution in [3.05, 3.63) is 23.8 Å². The molecule has 1 heterocycles. The number of allylic oxidation sites excluding steroid dienone is 2. The van der Waals surface area contributed by atoms with Crippen LogP contribution < -0.4 is 0 Å². The molecule has 0 radical (unpaired) electrons. The molecule has 3 saturated carbocycles. The van der Waals surface area contributed by atoms with E-state index >= 15 is 4.39 Å². The Kier molecular flexibility index (Phi) is 3.31. The Morgan fingerprint density at radius 2 is 2.04 bits per heavy atom. The summed E-state index contributed by atoms with van der Waals surface area (Å²) in [5, 5.41) is 10.9. The van der Waals surface area contributed by atoms with Crippen LogP contribution in [-0.4, -0.2) is 39.5 Å². The van der Waals surface area contributed by atoms with E-state index in [1.54, 1.807) is 0 Å². The zero-order valence-electron chi connectivity index (χ0n) is 15.7. The van der Waals surface area contributed by atoms with Crippen LogP contribution in [0.1, 0.15) is 40.0 Å². The van der Waals surface area contributed by atoms with Crippen LogP contribution in [-0.2, 0) is 14.3 Å². The topological polar surface area (TPSA) is 66.9 Å². The average molecular weight is 392 g/mol. The lowest BCUT2D eigenvalue weighted by molar-refractivity contribution is -0.153. The molecule has 0 aromatic rings. The second-order valence-electron chi connectivity index (χ2n) is 9.68. The largest absolute Gasteiger partial charge is 0.380 e. The van der Waals surface area contributed by atoms with Gasteiger partial charge in [-0.25, -0.2) is 4.39 Å². The van der Waals surface area contributed by atoms with E-state index in [1.165, 1.54) is 12.2 Å². The summed E-state index contributed by atoms with van der Waals surface area (Å²) in [5.41, 5.74) is -2.91. The van der Waals surface area contributed by atoms with Crippen molar-refractivity contribution >= 4 is 23.5 Å². The number of alkyl halides is 1. The molecular weight excluding hydrogens is 367 g/mol. The van der Waals surface area contributed by atoms with Crippen LogP contribution in [0.3, 0.4) is 0 Å². The molecular formula is C21H25FO4S. The summed E-state index contributed by atoms with van der Waals surface area (Å²) >= 11 is 4.03. The first kappa shape index (κ1) is 18.1. The molecule has 0 amide bonds. The number of aliphatic hydroxyl groups is 1. The maximum absolute atomic E-state index is 15.3. The number of carbonyl (C=O) groups is 2. The Bertz CT molecular complexity index is 838. The summed E-state index contributed by atoms with van der Waals surface area (Å²) in [7, 11) is 0. The Hall–Kier alpha value is -0.980. The predicted molar refractivity (Wildman–Crippen MR) is 99.9 cm³/mol. The second kappa shape index (κ2) is 4.95. The van der Waals surface area contributed by atoms with E-state index in [2.05, 4.69) is 12.6 Å². The van der Waals surface area contributed by atoms with E-state index in [1.807, 2.05) is 26.8 Å². The van der Waals surface area contributed by atoms with Crippen LogP contribution in [0.4, 0.5) is 4.39 Å². The first-order valence-electron chi connectivity index (χ1n) is 9.75. The predicted octanol–water partition coefficient (Wildman–Crippen LogP) is 2.81. The number of rotatable bonds is 1. The van der Waals surface area contributed by atoms with E-state index in [9.17, 15) is 14.7 Å². The molecule has 0 aromatic carbocycles. The van der Waals surface area contributed by atoms with Gasteiger partial charge in [0.2, 0.25) is 5.12 Å². The van der Waals surface area contributed by atoms with Crippen molar-refractivity contribution in [1.82, 2.24) is 0 Å². The van der Waals surface area contributed by atoms with Crippen molar-refractivity contribution in [2.24, 2.45) is 28.6 Å². The Balaban J connectivity index is 1.64. The molecule has 9 atom stereocenters. The van der Waals surface area contributed by atoms with Crippen LogP contribution in [0.25, 0.3) is 0 Å². The normalized spacial score (nSPS) is 57.9. The Morgan fingerprint density at radius 3 is 2.70 bits per heavy atom. The number of hydrogen-bond donors (Lipinski definition) is 2. The smallest absolute Gasteiger partial charge is 0.218 e. The number of carbonyl (C=O) groups excluding carboxylic acids is 2. The monoisotopic (exact) mass is 392 g/mol. The van der Waals surface area contributed by atoms with Crippen LogP contribution in [0, 0.1) is 28.6 Å². The third kappa shape index (κ3) is 1.75. The Morgan fingerprint density at radius 1 is 1.33 bits per heavy atom. The fourth-order valence-electron chi connectivity index (χ4n) is 7.43. The summed E-state index contributed by atoms with van der Waals surface area (Å²) in [6.45, 7) is 5.80. The number of ether oxygens (including phenoxy) is 1. The highest BCUT2D eigenvalue weighted by Gasteiger charge is 2.82. The van der Waals surface area contributed by atoms with Gasteiger partial charge in [-0.15, -0.1) is 12.6 Å². The molecule has 6 heteroatoms. The zero-order valence-corrected chi connectivity index (χ0v) is 16.6. The molecule has 27 heavy (non-hydrogen) atoms. The molecule has 1 spiro atoms. The summed E-state index contributed by atoms with van der Waals surface area (Å²) in [6, 6.07) is 0. The van der Waals surface area contributed by atoms with Gasteiger partial charge in [0, 0.05) is 10.8 Å². The van der Waals surface area contributed by atoms with Crippen molar-refractivity contribution in [3.8, 4) is 0 Å². The van der Waals surface area contributed by atoms with Crippen LogP contribution in [0.2, 0.25) is 0 Å². The molecule has 0 aromatic heterocycles. The first-order valence-corrected chi connectivity index (χ1v) is 10.2. The van der Waals surface area contributed by atoms with Crippen molar-refractivity contribution in [2.75, 3.05) is 0 Å². The van der Waals surface area contributed by atoms with Gasteiger partial charge < -0.3 is 9.84 Å². The number of thiol groups is 1. The van der Waals surface area contributed by atoms with E-state index in [-0.39, 0.29) is 36.1 Å². The molecule has 0 bridgehead atoms. The molecule has 146 valence electrons. The fraction of sp³-hybridized carbons (Fsp3) is 0.714. The molecule has 5 rings (SSSR count). The lowest BCUT2D eigenvalue weighted by Gasteiger charge is -2.56. The van der Waals surface area contributed by atoms with Gasteiger partial charge in [0.25, 0.3) is 0 Å². The lowest BCUT2D eigenvalue weighted by atomic mass is 9.46. The quantitative estimate of drug-likeness (QED) is 0.532. The van der Waals surface area contributed by atoms with Crippen molar-refractivity contribution in [3.63, 3.8) is 0 Å². The van der Waals surface area contributed by atoms with Crippen molar-refractivity contribution < 1.29 is 23.8 Å². The first-order chi connectivity index (χ1) is 12.5. The van der Waals surface area contributed by atoms with Crippen molar-refractivity contribution in [2.45, 2.75) is 63.5 Å². The van der Waals surface area contributed by atoms with Crippen LogP contribution in [0.15, 0.2) is 23.8 Å². The van der Waals surface area contributed by atoms with Gasteiger partial charge in [0.1, 0.15) is 17.4 Å². The van der Waals surface area contributed by atoms with Gasteiger partial charge in [-0.2, -0.15) is 0 Å². The molecule has 5 aliphatic rings. The highest BCUT2D eigenvalue weighted by atomic mass is 32.1. The fourth-order valence-corrected chi connectivity index (χ4v) is 7.91. The minimum absolute atomic E-state index is 0.0324. The summed E-state index contributed by atoms with van der Waals surface area (Å²) < 4.78 is 21.6. The van der Waals surface area contributed by atoms with Gasteiger partial charge in [-0.05, 0) is 61.7 Å². The van der Waals surface area contributed by atoms with E-state index < -0.39 is 33.3 Å². The Labute approximate surface area is 163 Å². The third-order valence-electron chi connectivity index (χ3n) is 8.83. The van der Waals surface area contributed by atoms with Crippen LogP contribution >= 0.6 is 12.6 Å². The molecule has 1 N–H and O–H groups in total. The number of halogens is 1. The molecule has 1 aliphatic heterocycles. The van der Waals surface area contributed by atoms with Gasteiger partial charge in [0.15, 0.2) is 5.78 Å². The highest BCUT2D eigenvalue weighted by molar-refractivity contribution is 7.96. The van der Waals surface area contributed by atoms with Gasteiger partial charge in [-0.1, -0.05) is 19.9 Å². The third-order valence-corrected chi connectivity index (χ3v) is 9.17. The molecule has 4 fully saturated rings. The standard InChI is InChI=1S/C21H25FO4S/c1-10-6-12-13-8-15(22)14-7-11(23)4-5-18(14,2)21(13)16(26-21)9-19(12,3)20(10,25)17(24)27/h4-5,7,10,12-13,15-16,25H,6,8-9H2,1-3H3,(H,24,27)/t10-,12+,13+,15+,16+,18+,19+,20+,21-/m1/s1. The minimum atomic E-state index is -1.53. The van der Waals surface area contributed by atoms with E-state index in [4.69, 9.17) is 4.74 Å². The summed E-state index contributed by atoms with van der Waals surface area (Å²) in [5.74, 6) is -0.559. The number of fused-ring (bicyclic) bond motifs is 3. The SMILES string of the molecule is C[C@@H]1C[C@H]2[C@@H]3C[C@H](F)C4=CC(=O)C=C[C@]4(C)[C@@]34O[C@H]4C[C@]2(C)[C@@]1(O)C(=O)S. The minimum Gasteiger partial charge on any atom is -0.380 e. The zero-order chi connectivity index (χ0) is 19.6. The van der Waals surface area contributed by atoms with Crippen molar-refractivity contribution in [1.29, 1.82) is 0 Å². The molecule has 1 saturated heterocycles. The van der Waals surface area contributed by atoms with E-state index in [0.717, 1.165) is 0 Å². The second-order valence-corrected chi connectivity index (χ2v) is 10.1. The maximum atomic E-state index is 15.3. The highest BCUT2D eigenvalue weighted by Crippen LogP contribution is 2.76. The lowest BCUT2D eigenvalue weighted by Crippen LogP contribution is -2.62. The average Bonchev–Trinajstić information content (AvgIpc) is 3.27. The number of epoxide rings is 1. The van der Waals surface area contributed by atoms with Crippen LogP contribution in [0.5, 0.6) is 0 Å². The number of hydrogen-bond acceptors (Lipinski definition) is 4. The molecule has 0 unspecified atom stereocenters. The number of ketones is 1. The molecule has 4 nitrogen and oxygen atoms in total. The van der Waals surface area contributed by atoms with Gasteiger partial charge in [0.05, 0.1) is 6.10 Å². The summed E-state index contributed by atoms with van der Waals surface area (Å²) in [4.78, 5) is 24.2. The van der Waals surface area contributed by atoms with E-state index in [0.29, 0.717) is 18.4 Å². The van der Waals surface area contributed by atoms with Gasteiger partial charge in [-0.3, -0.25) is 9.59 Å². The molecule has 4 aliphatic carbocycles.